The van der Waals surface area contributed by atoms with E-state index in [2.05, 4.69) is 4.98 Å². The normalized spacial score (nSPS) is 10.4. The molecule has 3 nitrogen and oxygen atoms in total. The maximum atomic E-state index is 6.01. The molecule has 17 heavy (non-hydrogen) atoms. The standard InChI is InChI=1S/C12H12ClNO2S/c1-7-11(13)17-12(14-7)8-4-5-9(15-2)10(6-8)16-3/h4-6H,1-3H3. The van der Waals surface area contributed by atoms with Crippen LogP contribution in [0.1, 0.15) is 5.69 Å². The lowest BCUT2D eigenvalue weighted by molar-refractivity contribution is 0.355. The van der Waals surface area contributed by atoms with Crippen molar-refractivity contribution in [2.45, 2.75) is 6.92 Å². The molecule has 0 spiro atoms. The molecule has 0 amide bonds. The molecule has 0 saturated heterocycles. The Morgan fingerprint density at radius 1 is 1.18 bits per heavy atom. The van der Waals surface area contributed by atoms with Crippen molar-refractivity contribution < 1.29 is 9.47 Å². The van der Waals surface area contributed by atoms with E-state index in [1.165, 1.54) is 11.3 Å². The lowest BCUT2D eigenvalue weighted by Gasteiger charge is -2.08. The Balaban J connectivity index is 2.46. The van der Waals surface area contributed by atoms with Gasteiger partial charge in [-0.1, -0.05) is 11.6 Å². The van der Waals surface area contributed by atoms with Gasteiger partial charge in [0.05, 0.1) is 19.9 Å². The summed E-state index contributed by atoms with van der Waals surface area (Å²) in [5.74, 6) is 1.39. The summed E-state index contributed by atoms with van der Waals surface area (Å²) < 4.78 is 11.2. The summed E-state index contributed by atoms with van der Waals surface area (Å²) in [6, 6.07) is 5.70. The van der Waals surface area contributed by atoms with Crippen molar-refractivity contribution in [3.8, 4) is 22.1 Å². The van der Waals surface area contributed by atoms with E-state index in [9.17, 15) is 0 Å². The number of aromatic nitrogens is 1. The zero-order valence-electron chi connectivity index (χ0n) is 9.78. The second-order valence-corrected chi connectivity index (χ2v) is 5.05. The van der Waals surface area contributed by atoms with Gasteiger partial charge in [-0.05, 0) is 25.1 Å². The molecule has 0 fully saturated rings. The minimum Gasteiger partial charge on any atom is -0.493 e. The number of hydrogen-bond acceptors (Lipinski definition) is 4. The summed E-state index contributed by atoms with van der Waals surface area (Å²) in [4.78, 5) is 4.40. The van der Waals surface area contributed by atoms with Crippen LogP contribution < -0.4 is 9.47 Å². The maximum Gasteiger partial charge on any atom is 0.161 e. The van der Waals surface area contributed by atoms with Crippen LogP contribution in [0.5, 0.6) is 11.5 Å². The summed E-state index contributed by atoms with van der Waals surface area (Å²) in [5.41, 5.74) is 1.82. The molecule has 2 rings (SSSR count). The molecule has 1 heterocycles. The molecule has 0 aliphatic heterocycles. The fourth-order valence-corrected chi connectivity index (χ4v) is 2.52. The van der Waals surface area contributed by atoms with Gasteiger partial charge in [0, 0.05) is 5.56 Å². The van der Waals surface area contributed by atoms with E-state index in [4.69, 9.17) is 21.1 Å². The molecule has 0 N–H and O–H groups in total. The van der Waals surface area contributed by atoms with Gasteiger partial charge >= 0.3 is 0 Å². The smallest absolute Gasteiger partial charge is 0.161 e. The SMILES string of the molecule is COc1ccc(-c2nc(C)c(Cl)s2)cc1OC. The number of ether oxygens (including phenoxy) is 2. The van der Waals surface area contributed by atoms with E-state index in [0.717, 1.165) is 20.6 Å². The number of aryl methyl sites for hydroxylation is 1. The highest BCUT2D eigenvalue weighted by molar-refractivity contribution is 7.19. The van der Waals surface area contributed by atoms with Crippen molar-refractivity contribution in [3.05, 3.63) is 28.2 Å². The number of nitrogens with zero attached hydrogens (tertiary/aromatic N) is 1. The van der Waals surface area contributed by atoms with E-state index < -0.39 is 0 Å². The number of methoxy groups -OCH3 is 2. The molecule has 0 aliphatic rings. The van der Waals surface area contributed by atoms with Crippen molar-refractivity contribution in [1.29, 1.82) is 0 Å². The summed E-state index contributed by atoms with van der Waals surface area (Å²) in [6.45, 7) is 1.89. The quantitative estimate of drug-likeness (QED) is 0.850. The molecule has 0 bridgehead atoms. The van der Waals surface area contributed by atoms with Crippen LogP contribution >= 0.6 is 22.9 Å². The van der Waals surface area contributed by atoms with Crippen LogP contribution in [-0.4, -0.2) is 19.2 Å². The van der Waals surface area contributed by atoms with Crippen LogP contribution in [0, 0.1) is 6.92 Å². The van der Waals surface area contributed by atoms with Crippen LogP contribution in [0.25, 0.3) is 10.6 Å². The number of benzene rings is 1. The fraction of sp³-hybridized carbons (Fsp3) is 0.250. The highest BCUT2D eigenvalue weighted by atomic mass is 35.5. The molecule has 0 atom stereocenters. The monoisotopic (exact) mass is 269 g/mol. The predicted molar refractivity (Wildman–Crippen MR) is 70.4 cm³/mol. The van der Waals surface area contributed by atoms with Gasteiger partial charge in [0.15, 0.2) is 11.5 Å². The molecule has 90 valence electrons. The Labute approximate surface area is 109 Å². The van der Waals surface area contributed by atoms with Crippen LogP contribution in [-0.2, 0) is 0 Å². The summed E-state index contributed by atoms with van der Waals surface area (Å²) in [7, 11) is 3.23. The van der Waals surface area contributed by atoms with Crippen molar-refractivity contribution in [3.63, 3.8) is 0 Å². The molecule has 5 heteroatoms. The fourth-order valence-electron chi connectivity index (χ4n) is 1.47. The van der Waals surface area contributed by atoms with E-state index in [-0.39, 0.29) is 0 Å². The highest BCUT2D eigenvalue weighted by Crippen LogP contribution is 2.36. The topological polar surface area (TPSA) is 31.4 Å². The Hall–Kier alpha value is -1.26. The third kappa shape index (κ3) is 2.37. The van der Waals surface area contributed by atoms with Gasteiger partial charge in [0.1, 0.15) is 9.34 Å². The molecule has 2 aromatic rings. The van der Waals surface area contributed by atoms with E-state index >= 15 is 0 Å². The van der Waals surface area contributed by atoms with Gasteiger partial charge in [-0.15, -0.1) is 11.3 Å². The first-order valence-electron chi connectivity index (χ1n) is 5.01. The van der Waals surface area contributed by atoms with Gasteiger partial charge in [-0.2, -0.15) is 0 Å². The Morgan fingerprint density at radius 3 is 2.41 bits per heavy atom. The molecule has 0 saturated carbocycles. The minimum atomic E-state index is 0.689. The third-order valence-corrected chi connectivity index (χ3v) is 3.87. The van der Waals surface area contributed by atoms with Crippen LogP contribution in [0.2, 0.25) is 4.34 Å². The molecule has 1 aromatic heterocycles. The van der Waals surface area contributed by atoms with Gasteiger partial charge in [-0.25, -0.2) is 4.98 Å². The summed E-state index contributed by atoms with van der Waals surface area (Å²) in [6.07, 6.45) is 0. The second kappa shape index (κ2) is 4.94. The first-order valence-corrected chi connectivity index (χ1v) is 6.20. The Morgan fingerprint density at radius 2 is 1.88 bits per heavy atom. The first kappa shape index (κ1) is 12.2. The van der Waals surface area contributed by atoms with E-state index in [0.29, 0.717) is 11.5 Å². The van der Waals surface area contributed by atoms with Crippen molar-refractivity contribution >= 4 is 22.9 Å². The number of rotatable bonds is 3. The second-order valence-electron chi connectivity index (χ2n) is 3.45. The largest absolute Gasteiger partial charge is 0.493 e. The molecule has 0 unspecified atom stereocenters. The van der Waals surface area contributed by atoms with Crippen LogP contribution in [0.4, 0.5) is 0 Å². The third-order valence-electron chi connectivity index (χ3n) is 2.37. The van der Waals surface area contributed by atoms with Crippen LogP contribution in [0.15, 0.2) is 18.2 Å². The van der Waals surface area contributed by atoms with Crippen molar-refractivity contribution in [2.24, 2.45) is 0 Å². The molecule has 1 aromatic carbocycles. The van der Waals surface area contributed by atoms with Gasteiger partial charge in [0.25, 0.3) is 0 Å². The highest BCUT2D eigenvalue weighted by Gasteiger charge is 2.10. The molecular weight excluding hydrogens is 258 g/mol. The number of thiazole rings is 1. The van der Waals surface area contributed by atoms with Gasteiger partial charge in [-0.3, -0.25) is 0 Å². The average Bonchev–Trinajstić information content (AvgIpc) is 2.68. The van der Waals surface area contributed by atoms with Crippen molar-refractivity contribution in [2.75, 3.05) is 14.2 Å². The molecular formula is C12H12ClNO2S. The average molecular weight is 270 g/mol. The first-order chi connectivity index (χ1) is 8.15. The van der Waals surface area contributed by atoms with Crippen LogP contribution in [0.3, 0.4) is 0 Å². The number of halogens is 1. The van der Waals surface area contributed by atoms with Gasteiger partial charge < -0.3 is 9.47 Å². The molecule has 0 radical (unpaired) electrons. The van der Waals surface area contributed by atoms with Crippen molar-refractivity contribution in [1.82, 2.24) is 4.98 Å². The minimum absolute atomic E-state index is 0.689. The number of hydrogen-bond donors (Lipinski definition) is 0. The molecule has 0 aliphatic carbocycles. The predicted octanol–water partition coefficient (Wildman–Crippen LogP) is 3.79. The Kier molecular flexibility index (Phi) is 3.54. The lowest BCUT2D eigenvalue weighted by Crippen LogP contribution is -1.90. The zero-order chi connectivity index (χ0) is 12.4. The maximum absolute atomic E-state index is 6.01. The lowest BCUT2D eigenvalue weighted by atomic mass is 10.2. The van der Waals surface area contributed by atoms with E-state index in [1.54, 1.807) is 14.2 Å². The summed E-state index contributed by atoms with van der Waals surface area (Å²) in [5, 5.41) is 0.883. The summed E-state index contributed by atoms with van der Waals surface area (Å²) >= 11 is 7.47. The van der Waals surface area contributed by atoms with E-state index in [1.807, 2.05) is 25.1 Å². The van der Waals surface area contributed by atoms with Gasteiger partial charge in [0.2, 0.25) is 0 Å². The zero-order valence-corrected chi connectivity index (χ0v) is 11.4. The Bertz CT molecular complexity index is 520.